The highest BCUT2D eigenvalue weighted by Gasteiger charge is 2.46. The van der Waals surface area contributed by atoms with Crippen LogP contribution in [0.15, 0.2) is 48.5 Å². The first-order chi connectivity index (χ1) is 17.7. The second-order valence-electron chi connectivity index (χ2n) is 10.3. The Bertz CT molecular complexity index is 1060. The molecule has 200 valence electrons. The number of rotatable bonds is 13. The normalized spacial score (nSPS) is 20.0. The first kappa shape index (κ1) is 28.3. The zero-order valence-corrected chi connectivity index (χ0v) is 21.8. The van der Waals surface area contributed by atoms with Crippen LogP contribution in [0.1, 0.15) is 63.5 Å². The Morgan fingerprint density at radius 2 is 1.54 bits per heavy atom. The Morgan fingerprint density at radius 1 is 0.946 bits per heavy atom. The van der Waals surface area contributed by atoms with Gasteiger partial charge in [0.05, 0.1) is 0 Å². The van der Waals surface area contributed by atoms with E-state index in [1.165, 1.54) is 5.56 Å². The summed E-state index contributed by atoms with van der Waals surface area (Å²) in [5, 5.41) is 14.5. The number of carbonyl (C=O) groups excluding carboxylic acids is 3. The number of carbonyl (C=O) groups is 3. The lowest BCUT2D eigenvalue weighted by Crippen LogP contribution is -2.27. The number of nitrogens with two attached hydrogens (primary N) is 1. The largest absolute Gasteiger partial charge is 0.326 e. The van der Waals surface area contributed by atoms with Crippen molar-refractivity contribution in [1.29, 1.82) is 0 Å². The molecule has 0 radical (unpaired) electrons. The van der Waals surface area contributed by atoms with Crippen LogP contribution in [0.25, 0.3) is 0 Å². The average molecular weight is 510 g/mol. The van der Waals surface area contributed by atoms with Gasteiger partial charge in [0.2, 0.25) is 17.7 Å². The molecule has 9 nitrogen and oxygen atoms in total. The number of benzene rings is 2. The van der Waals surface area contributed by atoms with E-state index in [1.54, 1.807) is 12.4 Å². The molecule has 2 aromatic carbocycles. The van der Waals surface area contributed by atoms with Gasteiger partial charge in [-0.1, -0.05) is 45.0 Å². The van der Waals surface area contributed by atoms with Gasteiger partial charge in [-0.2, -0.15) is 0 Å². The first-order valence-corrected chi connectivity index (χ1v) is 12.9. The molecule has 0 saturated heterocycles. The fourth-order valence-corrected chi connectivity index (χ4v) is 4.88. The lowest BCUT2D eigenvalue weighted by molar-refractivity contribution is -0.133. The molecule has 1 aliphatic carbocycles. The maximum atomic E-state index is 12.3. The number of anilines is 2. The highest BCUT2D eigenvalue weighted by atomic mass is 16.5. The number of aryl methyl sites for hydroxylation is 1. The van der Waals surface area contributed by atoms with Gasteiger partial charge < -0.3 is 10.6 Å². The van der Waals surface area contributed by atoms with Gasteiger partial charge in [0.15, 0.2) is 0 Å². The van der Waals surface area contributed by atoms with Crippen LogP contribution in [0, 0.1) is 17.8 Å². The summed E-state index contributed by atoms with van der Waals surface area (Å²) in [6.45, 7) is 5.78. The molecule has 1 fully saturated rings. The Kier molecular flexibility index (Phi) is 10.2. The number of hydrogen-bond donors (Lipinski definition) is 6. The molecule has 1 saturated carbocycles. The van der Waals surface area contributed by atoms with Crippen LogP contribution in [0.5, 0.6) is 0 Å². The van der Waals surface area contributed by atoms with Crippen molar-refractivity contribution in [1.82, 2.24) is 10.9 Å². The molecule has 5 atom stereocenters. The van der Waals surface area contributed by atoms with Gasteiger partial charge in [-0.3, -0.25) is 30.9 Å². The fraction of sp³-hybridized carbons (Fsp3) is 0.464. The van der Waals surface area contributed by atoms with Gasteiger partial charge in [0.25, 0.3) is 0 Å². The van der Waals surface area contributed by atoms with E-state index in [1.807, 2.05) is 55.5 Å². The predicted molar refractivity (Wildman–Crippen MR) is 144 cm³/mol. The Hall–Kier alpha value is -3.27. The highest BCUT2D eigenvalue weighted by molar-refractivity contribution is 5.91. The summed E-state index contributed by atoms with van der Waals surface area (Å²) in [6, 6.07) is 15.9. The molecular formula is C28H39N5O4. The fourth-order valence-electron chi connectivity index (χ4n) is 4.88. The van der Waals surface area contributed by atoms with E-state index in [0.29, 0.717) is 36.4 Å². The van der Waals surface area contributed by atoms with Crippen LogP contribution < -0.4 is 27.4 Å². The first-order valence-electron chi connectivity index (χ1n) is 12.9. The van der Waals surface area contributed by atoms with Gasteiger partial charge in [0.1, 0.15) is 0 Å². The summed E-state index contributed by atoms with van der Waals surface area (Å²) in [6.07, 6.45) is 2.69. The summed E-state index contributed by atoms with van der Waals surface area (Å²) in [5.74, 6) is 5.55. The van der Waals surface area contributed by atoms with Crippen molar-refractivity contribution in [3.05, 3.63) is 59.7 Å². The summed E-state index contributed by atoms with van der Waals surface area (Å²) in [4.78, 5) is 36.1. The number of hydrazine groups is 1. The van der Waals surface area contributed by atoms with E-state index < -0.39 is 5.91 Å². The van der Waals surface area contributed by atoms with Crippen LogP contribution in [0.4, 0.5) is 11.4 Å². The third-order valence-electron chi connectivity index (χ3n) is 7.11. The number of amides is 3. The summed E-state index contributed by atoms with van der Waals surface area (Å²) >= 11 is 0. The lowest BCUT2D eigenvalue weighted by atomic mass is 9.94. The van der Waals surface area contributed by atoms with Crippen LogP contribution in [0.3, 0.4) is 0 Å². The molecular weight excluding hydrogens is 470 g/mol. The van der Waals surface area contributed by atoms with Crippen molar-refractivity contribution < 1.29 is 19.6 Å². The van der Waals surface area contributed by atoms with Crippen molar-refractivity contribution >= 4 is 29.1 Å². The second kappa shape index (κ2) is 13.3. The standard InChI is InChI=1S/C28H39N5O4/c1-17(15-18(2)28(36)33-37)16-25(35)31-22-11-7-20(8-12-22)5-4-6-24(34)30-23-13-9-21(10-14-23)26-19(3)27(26)32-29/h7-14,17-19,26-27,32,37H,4-6,15-16,29H2,1-3H3,(H,30,34)(H,31,35)(H,33,36). The molecule has 3 amide bonds. The molecule has 9 heteroatoms. The van der Waals surface area contributed by atoms with Gasteiger partial charge in [-0.05, 0) is 66.5 Å². The molecule has 0 bridgehead atoms. The zero-order chi connectivity index (χ0) is 26.9. The van der Waals surface area contributed by atoms with E-state index in [0.717, 1.165) is 24.1 Å². The Labute approximate surface area is 218 Å². The topological polar surface area (TPSA) is 146 Å². The highest BCUT2D eigenvalue weighted by Crippen LogP contribution is 2.46. The quantitative estimate of drug-likeness (QED) is 0.138. The van der Waals surface area contributed by atoms with E-state index in [-0.39, 0.29) is 30.1 Å². The Morgan fingerprint density at radius 3 is 2.11 bits per heavy atom. The van der Waals surface area contributed by atoms with Crippen molar-refractivity contribution in [3.63, 3.8) is 0 Å². The minimum absolute atomic E-state index is 0.00151. The summed E-state index contributed by atoms with van der Waals surface area (Å²) in [7, 11) is 0. The zero-order valence-electron chi connectivity index (χ0n) is 21.8. The van der Waals surface area contributed by atoms with Crippen LogP contribution in [-0.4, -0.2) is 29.0 Å². The molecule has 5 unspecified atom stereocenters. The van der Waals surface area contributed by atoms with Gasteiger partial charge in [0, 0.05) is 42.1 Å². The molecule has 37 heavy (non-hydrogen) atoms. The number of hydrogen-bond acceptors (Lipinski definition) is 6. The average Bonchev–Trinajstić information content (AvgIpc) is 3.54. The van der Waals surface area contributed by atoms with Crippen molar-refractivity contribution in [3.8, 4) is 0 Å². The molecule has 0 spiro atoms. The summed E-state index contributed by atoms with van der Waals surface area (Å²) < 4.78 is 0. The predicted octanol–water partition coefficient (Wildman–Crippen LogP) is 3.71. The maximum Gasteiger partial charge on any atom is 0.246 e. The number of nitrogens with one attached hydrogen (secondary N) is 4. The third kappa shape index (κ3) is 8.38. The minimum Gasteiger partial charge on any atom is -0.326 e. The summed E-state index contributed by atoms with van der Waals surface area (Å²) in [5.41, 5.74) is 8.30. The van der Waals surface area contributed by atoms with Gasteiger partial charge in [-0.15, -0.1) is 0 Å². The van der Waals surface area contributed by atoms with Crippen LogP contribution in [-0.2, 0) is 20.8 Å². The smallest absolute Gasteiger partial charge is 0.246 e. The van der Waals surface area contributed by atoms with E-state index >= 15 is 0 Å². The number of hydroxylamine groups is 1. The van der Waals surface area contributed by atoms with E-state index in [4.69, 9.17) is 11.0 Å². The SMILES string of the molecule is CC(CC(=O)Nc1ccc(CCCC(=O)Nc2ccc(C3C(C)C3NN)cc2)cc1)CC(C)C(=O)NO. The van der Waals surface area contributed by atoms with Crippen molar-refractivity contribution in [2.45, 2.75) is 64.8 Å². The molecule has 0 heterocycles. The molecule has 0 aliphatic heterocycles. The molecule has 0 aromatic heterocycles. The monoisotopic (exact) mass is 509 g/mol. The second-order valence-corrected chi connectivity index (χ2v) is 10.3. The van der Waals surface area contributed by atoms with Crippen LogP contribution in [0.2, 0.25) is 0 Å². The van der Waals surface area contributed by atoms with Gasteiger partial charge in [-0.25, -0.2) is 5.48 Å². The minimum atomic E-state index is -0.447. The molecule has 3 rings (SSSR count). The molecule has 1 aliphatic rings. The maximum absolute atomic E-state index is 12.3. The van der Waals surface area contributed by atoms with Crippen LogP contribution >= 0.6 is 0 Å². The van der Waals surface area contributed by atoms with E-state index in [9.17, 15) is 14.4 Å². The van der Waals surface area contributed by atoms with Crippen molar-refractivity contribution in [2.24, 2.45) is 23.6 Å². The molecule has 7 N–H and O–H groups in total. The lowest BCUT2D eigenvalue weighted by Gasteiger charge is -2.15. The van der Waals surface area contributed by atoms with E-state index in [2.05, 4.69) is 23.0 Å². The Balaban J connectivity index is 1.35. The van der Waals surface area contributed by atoms with Gasteiger partial charge >= 0.3 is 0 Å². The molecule has 2 aromatic rings. The third-order valence-corrected chi connectivity index (χ3v) is 7.11. The van der Waals surface area contributed by atoms with Crippen molar-refractivity contribution in [2.75, 3.05) is 10.6 Å².